The molecule has 1 aromatic rings. The third-order valence-electron chi connectivity index (χ3n) is 3.24. The lowest BCUT2D eigenvalue weighted by molar-refractivity contribution is -0.143. The summed E-state index contributed by atoms with van der Waals surface area (Å²) in [6, 6.07) is 1.29. The predicted octanol–water partition coefficient (Wildman–Crippen LogP) is 1.76. The first-order chi connectivity index (χ1) is 10.9. The van der Waals surface area contributed by atoms with Crippen molar-refractivity contribution in [3.05, 3.63) is 17.0 Å². The highest BCUT2D eigenvalue weighted by atomic mass is 32.2. The van der Waals surface area contributed by atoms with Crippen LogP contribution in [0.1, 0.15) is 32.6 Å². The average Bonchev–Trinajstić information content (AvgIpc) is 3.14. The molecule has 0 spiro atoms. The van der Waals surface area contributed by atoms with E-state index in [4.69, 9.17) is 14.2 Å². The van der Waals surface area contributed by atoms with Crippen molar-refractivity contribution in [2.24, 2.45) is 0 Å². The topological polar surface area (TPSA) is 82.1 Å². The van der Waals surface area contributed by atoms with Gasteiger partial charge in [-0.3, -0.25) is 4.79 Å². The van der Waals surface area contributed by atoms with Crippen molar-refractivity contribution >= 4 is 27.3 Å². The molecule has 0 aliphatic carbocycles. The maximum absolute atomic E-state index is 13.0. The lowest BCUT2D eigenvalue weighted by atomic mass is 10.3. The molecule has 0 amide bonds. The van der Waals surface area contributed by atoms with Gasteiger partial charge in [0.25, 0.3) is 10.0 Å². The minimum Gasteiger partial charge on any atom is -0.465 e. The fourth-order valence-corrected chi connectivity index (χ4v) is 5.30. The number of hydrogen-bond donors (Lipinski definition) is 0. The molecule has 0 saturated carbocycles. The van der Waals surface area contributed by atoms with Crippen LogP contribution in [0.25, 0.3) is 0 Å². The summed E-state index contributed by atoms with van der Waals surface area (Å²) in [4.78, 5) is 11.7. The van der Waals surface area contributed by atoms with E-state index >= 15 is 0 Å². The predicted molar refractivity (Wildman–Crippen MR) is 84.6 cm³/mol. The zero-order valence-corrected chi connectivity index (χ0v) is 15.0. The van der Waals surface area contributed by atoms with E-state index in [2.05, 4.69) is 0 Å². The number of sulfonamides is 1. The second kappa shape index (κ2) is 7.71. The standard InChI is InChI=1S/C14H21NO6S2/c1-4-19-12(16)9-15(10(2)3)23(17,18)14-11(5-8-22-14)13-20-6-7-21-13/h5,8,10,13H,4,6-7,9H2,1-3H3. The van der Waals surface area contributed by atoms with Crippen molar-refractivity contribution in [1.29, 1.82) is 0 Å². The number of thiophene rings is 1. The third kappa shape index (κ3) is 4.10. The van der Waals surface area contributed by atoms with E-state index in [9.17, 15) is 13.2 Å². The van der Waals surface area contributed by atoms with Crippen LogP contribution < -0.4 is 0 Å². The second-order valence-electron chi connectivity index (χ2n) is 5.19. The minimum atomic E-state index is -3.85. The summed E-state index contributed by atoms with van der Waals surface area (Å²) in [5.74, 6) is -0.573. The average molecular weight is 363 g/mol. The van der Waals surface area contributed by atoms with E-state index in [1.807, 2.05) is 0 Å². The second-order valence-corrected chi connectivity index (χ2v) is 8.19. The Labute approximate surface area is 140 Å². The monoisotopic (exact) mass is 363 g/mol. The lowest BCUT2D eigenvalue weighted by Gasteiger charge is -2.25. The first kappa shape index (κ1) is 18.3. The molecule has 130 valence electrons. The largest absolute Gasteiger partial charge is 0.465 e. The molecule has 1 fully saturated rings. The van der Waals surface area contributed by atoms with Gasteiger partial charge in [-0.1, -0.05) is 0 Å². The van der Waals surface area contributed by atoms with Crippen LogP contribution in [-0.4, -0.2) is 51.1 Å². The molecule has 2 rings (SSSR count). The van der Waals surface area contributed by atoms with Gasteiger partial charge in [-0.05, 0) is 32.2 Å². The summed E-state index contributed by atoms with van der Waals surface area (Å²) in [6.07, 6.45) is -0.678. The summed E-state index contributed by atoms with van der Waals surface area (Å²) < 4.78 is 42.9. The van der Waals surface area contributed by atoms with Gasteiger partial charge >= 0.3 is 5.97 Å². The maximum atomic E-state index is 13.0. The van der Waals surface area contributed by atoms with Gasteiger partial charge in [-0.2, -0.15) is 4.31 Å². The number of esters is 1. The van der Waals surface area contributed by atoms with Crippen molar-refractivity contribution in [3.63, 3.8) is 0 Å². The molecule has 0 atom stereocenters. The molecule has 1 aliphatic rings. The minimum absolute atomic E-state index is 0.141. The maximum Gasteiger partial charge on any atom is 0.321 e. The van der Waals surface area contributed by atoms with E-state index < -0.39 is 22.3 Å². The molecule has 1 saturated heterocycles. The Kier molecular flexibility index (Phi) is 6.15. The van der Waals surface area contributed by atoms with Crippen LogP contribution in [0.3, 0.4) is 0 Å². The lowest BCUT2D eigenvalue weighted by Crippen LogP contribution is -2.41. The van der Waals surface area contributed by atoms with Crippen LogP contribution in [0.4, 0.5) is 0 Å². The number of ether oxygens (including phenoxy) is 3. The fraction of sp³-hybridized carbons (Fsp3) is 0.643. The quantitative estimate of drug-likeness (QED) is 0.687. The zero-order valence-electron chi connectivity index (χ0n) is 13.4. The van der Waals surface area contributed by atoms with Crippen molar-refractivity contribution in [1.82, 2.24) is 4.31 Å². The Hall–Kier alpha value is -1.00. The molecular weight excluding hydrogens is 342 g/mol. The summed E-state index contributed by atoms with van der Waals surface area (Å²) in [7, 11) is -3.85. The number of carbonyl (C=O) groups is 1. The van der Waals surface area contributed by atoms with Crippen molar-refractivity contribution in [2.75, 3.05) is 26.4 Å². The third-order valence-corrected chi connectivity index (χ3v) is 6.76. The first-order valence-electron chi connectivity index (χ1n) is 7.36. The molecule has 23 heavy (non-hydrogen) atoms. The molecule has 0 bridgehead atoms. The smallest absolute Gasteiger partial charge is 0.321 e. The van der Waals surface area contributed by atoms with Gasteiger partial charge in [-0.25, -0.2) is 8.42 Å². The van der Waals surface area contributed by atoms with Crippen LogP contribution in [0.2, 0.25) is 0 Å². The van der Waals surface area contributed by atoms with Gasteiger partial charge in [-0.15, -0.1) is 11.3 Å². The van der Waals surface area contributed by atoms with E-state index in [0.717, 1.165) is 15.6 Å². The number of nitrogens with zero attached hydrogens (tertiary/aromatic N) is 1. The Balaban J connectivity index is 2.31. The SMILES string of the molecule is CCOC(=O)CN(C(C)C)S(=O)(=O)c1sccc1C1OCCO1. The van der Waals surface area contributed by atoms with Crippen LogP contribution in [0, 0.1) is 0 Å². The van der Waals surface area contributed by atoms with Crippen LogP contribution in [0.15, 0.2) is 15.7 Å². The molecule has 2 heterocycles. The highest BCUT2D eigenvalue weighted by Gasteiger charge is 2.35. The molecule has 0 radical (unpaired) electrons. The molecule has 0 N–H and O–H groups in total. The van der Waals surface area contributed by atoms with Crippen LogP contribution in [0.5, 0.6) is 0 Å². The highest BCUT2D eigenvalue weighted by Crippen LogP contribution is 2.35. The van der Waals surface area contributed by atoms with Gasteiger partial charge in [0, 0.05) is 11.6 Å². The molecule has 1 aromatic heterocycles. The molecular formula is C14H21NO6S2. The highest BCUT2D eigenvalue weighted by molar-refractivity contribution is 7.91. The van der Waals surface area contributed by atoms with Crippen molar-refractivity contribution in [3.8, 4) is 0 Å². The molecule has 7 nitrogen and oxygen atoms in total. The van der Waals surface area contributed by atoms with E-state index in [0.29, 0.717) is 18.8 Å². The normalized spacial score (nSPS) is 16.4. The Morgan fingerprint density at radius 3 is 2.65 bits per heavy atom. The van der Waals surface area contributed by atoms with Gasteiger partial charge in [0.05, 0.1) is 19.8 Å². The van der Waals surface area contributed by atoms with E-state index in [1.165, 1.54) is 0 Å². The number of carbonyl (C=O) groups excluding carboxylic acids is 1. The van der Waals surface area contributed by atoms with Gasteiger partial charge in [0.2, 0.25) is 0 Å². The summed E-state index contributed by atoms with van der Waals surface area (Å²) in [5, 5.41) is 1.68. The zero-order chi connectivity index (χ0) is 17.0. The Bertz CT molecular complexity index is 633. The number of hydrogen-bond acceptors (Lipinski definition) is 7. The Morgan fingerprint density at radius 1 is 1.43 bits per heavy atom. The van der Waals surface area contributed by atoms with Crippen molar-refractivity contribution in [2.45, 2.75) is 37.3 Å². The summed E-state index contributed by atoms with van der Waals surface area (Å²) in [6.45, 7) is 5.85. The molecule has 0 unspecified atom stereocenters. The van der Waals surface area contributed by atoms with Crippen LogP contribution in [-0.2, 0) is 29.0 Å². The van der Waals surface area contributed by atoms with E-state index in [1.54, 1.807) is 32.2 Å². The molecule has 1 aliphatic heterocycles. The summed E-state index contributed by atoms with van der Waals surface area (Å²) in [5.41, 5.74) is 0.474. The molecule has 0 aromatic carbocycles. The van der Waals surface area contributed by atoms with Gasteiger partial charge < -0.3 is 14.2 Å². The molecule has 9 heteroatoms. The van der Waals surface area contributed by atoms with Crippen LogP contribution >= 0.6 is 11.3 Å². The van der Waals surface area contributed by atoms with Gasteiger partial charge in [0.1, 0.15) is 10.8 Å². The Morgan fingerprint density at radius 2 is 2.09 bits per heavy atom. The van der Waals surface area contributed by atoms with E-state index in [-0.39, 0.29) is 23.4 Å². The summed E-state index contributed by atoms with van der Waals surface area (Å²) >= 11 is 1.09. The van der Waals surface area contributed by atoms with Crippen molar-refractivity contribution < 1.29 is 27.4 Å². The first-order valence-corrected chi connectivity index (χ1v) is 9.68. The van der Waals surface area contributed by atoms with Gasteiger partial charge in [0.15, 0.2) is 6.29 Å². The fourth-order valence-electron chi connectivity index (χ4n) is 2.21. The number of rotatable bonds is 7.